The third kappa shape index (κ3) is 6.49. The molecule has 6 rings (SSSR count). The summed E-state index contributed by atoms with van der Waals surface area (Å²) >= 11 is 1.30. The van der Waals surface area contributed by atoms with E-state index in [1.165, 1.54) is 23.5 Å². The Hall–Kier alpha value is -4.12. The molecule has 0 unspecified atom stereocenters. The van der Waals surface area contributed by atoms with E-state index in [9.17, 15) is 18.8 Å². The van der Waals surface area contributed by atoms with Crippen LogP contribution in [0.15, 0.2) is 42.6 Å². The predicted molar refractivity (Wildman–Crippen MR) is 173 cm³/mol. The minimum atomic E-state index is -0.349. The normalized spacial score (nSPS) is 16.3. The molecule has 1 aromatic carbocycles. The monoisotopic (exact) mass is 632 g/mol. The molecule has 0 aliphatic carbocycles. The Labute approximate surface area is 265 Å². The molecule has 0 saturated carbocycles. The van der Waals surface area contributed by atoms with Gasteiger partial charge >= 0.3 is 0 Å². The van der Waals surface area contributed by atoms with Gasteiger partial charge in [-0.25, -0.2) is 18.7 Å². The first-order valence-electron chi connectivity index (χ1n) is 15.3. The maximum absolute atomic E-state index is 13.5. The van der Waals surface area contributed by atoms with E-state index in [0.29, 0.717) is 47.4 Å². The number of amides is 1. The van der Waals surface area contributed by atoms with Gasteiger partial charge in [0.15, 0.2) is 5.13 Å². The van der Waals surface area contributed by atoms with Gasteiger partial charge in [-0.1, -0.05) is 18.3 Å². The standard InChI is InChI=1S/C32H37F2N9OS/c1-3-26-31(38(2)32-37-30(27(20-35)45-32)23-4-6-24(34)7-5-23)43-21-25(8-9-28(43)36-26)41-16-14-40(15-17-41)22-29(44)42-18-12-39(11-10-33)13-19-42/h4-9,21H,3,10-19,22H2,1-2H3/i33-1. The molecule has 0 radical (unpaired) electrons. The van der Waals surface area contributed by atoms with E-state index in [4.69, 9.17) is 9.97 Å². The van der Waals surface area contributed by atoms with Crippen LogP contribution in [0.2, 0.25) is 0 Å². The highest BCUT2D eigenvalue weighted by atomic mass is 32.1. The Morgan fingerprint density at radius 2 is 1.71 bits per heavy atom. The van der Waals surface area contributed by atoms with Crippen LogP contribution in [0.3, 0.4) is 0 Å². The second-order valence-electron chi connectivity index (χ2n) is 11.4. The smallest absolute Gasteiger partial charge is 0.236 e. The molecule has 45 heavy (non-hydrogen) atoms. The number of thiazole rings is 1. The summed E-state index contributed by atoms with van der Waals surface area (Å²) in [6.07, 6.45) is 2.82. The van der Waals surface area contributed by atoms with E-state index in [1.54, 1.807) is 12.1 Å². The van der Waals surface area contributed by atoms with Crippen molar-refractivity contribution in [3.63, 3.8) is 0 Å². The number of aryl methyl sites for hydroxylation is 1. The number of anilines is 3. The van der Waals surface area contributed by atoms with Crippen LogP contribution in [0.25, 0.3) is 16.9 Å². The molecule has 3 aromatic heterocycles. The topological polar surface area (TPSA) is 87.3 Å². The van der Waals surface area contributed by atoms with Gasteiger partial charge in [0.2, 0.25) is 5.91 Å². The largest absolute Gasteiger partial charge is 0.368 e. The van der Waals surface area contributed by atoms with Gasteiger partial charge in [0.05, 0.1) is 17.9 Å². The fourth-order valence-corrected chi connectivity index (χ4v) is 6.92. The maximum atomic E-state index is 13.5. The lowest BCUT2D eigenvalue weighted by Gasteiger charge is -2.38. The van der Waals surface area contributed by atoms with Gasteiger partial charge in [0, 0.05) is 77.7 Å². The highest BCUT2D eigenvalue weighted by Crippen LogP contribution is 2.37. The van der Waals surface area contributed by atoms with Crippen molar-refractivity contribution in [2.75, 3.05) is 89.0 Å². The van der Waals surface area contributed by atoms with Crippen molar-refractivity contribution in [3.8, 4) is 17.3 Å². The summed E-state index contributed by atoms with van der Waals surface area (Å²) in [5, 5.41) is 10.5. The number of nitrogens with zero attached hydrogens (tertiary/aromatic N) is 9. The maximum Gasteiger partial charge on any atom is 0.236 e. The fourth-order valence-electron chi connectivity index (χ4n) is 6.07. The third-order valence-corrected chi connectivity index (χ3v) is 9.68. The fraction of sp³-hybridized carbons (Fsp3) is 0.438. The first-order chi connectivity index (χ1) is 21.9. The Morgan fingerprint density at radius 3 is 2.38 bits per heavy atom. The lowest BCUT2D eigenvalue weighted by atomic mass is 10.1. The van der Waals surface area contributed by atoms with Crippen LogP contribution in [-0.4, -0.2) is 114 Å². The van der Waals surface area contributed by atoms with Crippen LogP contribution >= 0.6 is 11.3 Å². The van der Waals surface area contributed by atoms with Gasteiger partial charge in [-0.05, 0) is 42.8 Å². The quantitative estimate of drug-likeness (QED) is 0.274. The van der Waals surface area contributed by atoms with Crippen molar-refractivity contribution in [2.24, 2.45) is 0 Å². The predicted octanol–water partition coefficient (Wildman–Crippen LogP) is 4.03. The van der Waals surface area contributed by atoms with Crippen LogP contribution < -0.4 is 9.80 Å². The molecule has 0 atom stereocenters. The molecule has 0 spiro atoms. The van der Waals surface area contributed by atoms with Crippen LogP contribution in [0.5, 0.6) is 0 Å². The summed E-state index contributed by atoms with van der Waals surface area (Å²) in [7, 11) is 1.93. The van der Waals surface area contributed by atoms with E-state index in [2.05, 4.69) is 44.4 Å². The molecule has 2 aliphatic heterocycles. The van der Waals surface area contributed by atoms with E-state index in [-0.39, 0.29) is 18.4 Å². The van der Waals surface area contributed by atoms with Crippen molar-refractivity contribution < 1.29 is 13.6 Å². The van der Waals surface area contributed by atoms with Gasteiger partial charge in [0.25, 0.3) is 0 Å². The molecule has 5 heterocycles. The van der Waals surface area contributed by atoms with Gasteiger partial charge in [-0.3, -0.25) is 19.0 Å². The zero-order valence-electron chi connectivity index (χ0n) is 25.6. The molecule has 1 amide bonds. The second-order valence-corrected chi connectivity index (χ2v) is 12.4. The summed E-state index contributed by atoms with van der Waals surface area (Å²) in [5.41, 5.74) is 4.03. The minimum absolute atomic E-state index is 0.146. The number of carbonyl (C=O) groups excluding carboxylic acids is 1. The average Bonchev–Trinajstić information content (AvgIpc) is 3.67. The summed E-state index contributed by atoms with van der Waals surface area (Å²) in [6.45, 7) is 8.50. The van der Waals surface area contributed by atoms with E-state index in [1.807, 2.05) is 22.9 Å². The SMILES string of the molecule is CCc1nc2ccc(N3CCN(CC(=O)N4CCN(CC[18F])CC4)CC3)cn2c1N(C)c1nc(-c2ccc(F)cc2)c(C#N)s1. The van der Waals surface area contributed by atoms with Crippen molar-refractivity contribution in [1.29, 1.82) is 5.26 Å². The number of benzene rings is 1. The van der Waals surface area contributed by atoms with Crippen LogP contribution in [0, 0.1) is 17.1 Å². The summed E-state index contributed by atoms with van der Waals surface area (Å²) in [5.74, 6) is 0.691. The number of carbonyl (C=O) groups is 1. The lowest BCUT2D eigenvalue weighted by Crippen LogP contribution is -2.54. The zero-order chi connectivity index (χ0) is 31.5. The Bertz CT molecular complexity index is 1680. The number of nitriles is 1. The van der Waals surface area contributed by atoms with E-state index < -0.39 is 0 Å². The number of aromatic nitrogens is 3. The molecule has 4 aromatic rings. The molecule has 13 heteroatoms. The number of hydrogen-bond donors (Lipinski definition) is 0. The number of imidazole rings is 1. The molecule has 2 aliphatic rings. The number of halogens is 2. The number of piperazine rings is 2. The van der Waals surface area contributed by atoms with Gasteiger partial charge in [-0.2, -0.15) is 5.26 Å². The molecular weight excluding hydrogens is 595 g/mol. The van der Waals surface area contributed by atoms with Crippen molar-refractivity contribution >= 4 is 39.5 Å². The lowest BCUT2D eigenvalue weighted by molar-refractivity contribution is -0.134. The number of fused-ring (bicyclic) bond motifs is 1. The Morgan fingerprint density at radius 1 is 1.00 bits per heavy atom. The van der Waals surface area contributed by atoms with E-state index >= 15 is 0 Å². The molecule has 2 fully saturated rings. The Kier molecular flexibility index (Phi) is 9.25. The van der Waals surface area contributed by atoms with Gasteiger partial charge in [0.1, 0.15) is 40.6 Å². The second kappa shape index (κ2) is 13.5. The third-order valence-electron chi connectivity index (χ3n) is 8.64. The number of alkyl halides is 1. The van der Waals surface area contributed by atoms with E-state index in [0.717, 1.165) is 68.5 Å². The first kappa shape index (κ1) is 30.9. The minimum Gasteiger partial charge on any atom is -0.368 e. The molecule has 0 bridgehead atoms. The summed E-state index contributed by atoms with van der Waals surface area (Å²) in [6, 6.07) is 12.4. The van der Waals surface area contributed by atoms with Crippen molar-refractivity contribution in [2.45, 2.75) is 13.3 Å². The summed E-state index contributed by atoms with van der Waals surface area (Å²) < 4.78 is 28.3. The molecular formula is C32H37F2N9OS. The highest BCUT2D eigenvalue weighted by molar-refractivity contribution is 7.16. The van der Waals surface area contributed by atoms with Crippen LogP contribution in [0.1, 0.15) is 17.5 Å². The molecule has 236 valence electrons. The number of pyridine rings is 1. The van der Waals surface area contributed by atoms with Gasteiger partial charge in [-0.15, -0.1) is 0 Å². The molecule has 0 N–H and O–H groups in total. The molecule has 2 saturated heterocycles. The Balaban J connectivity index is 1.16. The first-order valence-corrected chi connectivity index (χ1v) is 16.1. The zero-order valence-corrected chi connectivity index (χ0v) is 26.4. The number of hydrogen-bond acceptors (Lipinski definition) is 9. The average molecular weight is 633 g/mol. The number of rotatable bonds is 9. The summed E-state index contributed by atoms with van der Waals surface area (Å²) in [4.78, 5) is 33.6. The van der Waals surface area contributed by atoms with Crippen molar-refractivity contribution in [1.82, 2.24) is 29.1 Å². The van der Waals surface area contributed by atoms with Crippen LogP contribution in [-0.2, 0) is 11.2 Å². The highest BCUT2D eigenvalue weighted by Gasteiger charge is 2.26. The van der Waals surface area contributed by atoms with Crippen LogP contribution in [0.4, 0.5) is 25.4 Å². The van der Waals surface area contributed by atoms with Crippen molar-refractivity contribution in [3.05, 3.63) is 59.0 Å². The van der Waals surface area contributed by atoms with Gasteiger partial charge < -0.3 is 14.7 Å². The molecule has 10 nitrogen and oxygen atoms in total.